The third kappa shape index (κ3) is 5.38. The number of amides is 1. The molecule has 1 saturated heterocycles. The number of carbonyl (C=O) groups is 1. The molecule has 1 amide bonds. The monoisotopic (exact) mass is 513 g/mol. The van der Waals surface area contributed by atoms with Crippen LogP contribution in [0.5, 0.6) is 5.88 Å². The second kappa shape index (κ2) is 10.1. The number of nitrogens with one attached hydrogen (secondary N) is 1. The van der Waals surface area contributed by atoms with E-state index in [1.807, 2.05) is 38.7 Å². The van der Waals surface area contributed by atoms with Crippen LogP contribution < -0.4 is 20.1 Å². The molecule has 0 aliphatic carbocycles. The lowest BCUT2D eigenvalue weighted by atomic mass is 10.2. The van der Waals surface area contributed by atoms with E-state index in [1.54, 1.807) is 12.3 Å². The molecule has 3 N–H and O–H groups in total. The lowest BCUT2D eigenvalue weighted by Crippen LogP contribution is -2.38. The first-order chi connectivity index (χ1) is 17.0. The van der Waals surface area contributed by atoms with Crippen molar-refractivity contribution in [2.45, 2.75) is 63.8 Å². The maximum atomic E-state index is 13.2. The fourth-order valence-corrected chi connectivity index (χ4v) is 5.05. The molecule has 12 heteroatoms. The van der Waals surface area contributed by atoms with Gasteiger partial charge in [0.1, 0.15) is 5.82 Å². The first-order valence-electron chi connectivity index (χ1n) is 11.6. The van der Waals surface area contributed by atoms with Gasteiger partial charge in [0.05, 0.1) is 18.0 Å². The summed E-state index contributed by atoms with van der Waals surface area (Å²) >= 11 is 0. The van der Waals surface area contributed by atoms with E-state index in [1.165, 1.54) is 24.4 Å². The number of carbonyl (C=O) groups excluding carboxylic acids is 1. The number of hydrogen-bond acceptors (Lipinski definition) is 10. The topological polar surface area (TPSA) is 153 Å². The average Bonchev–Trinajstić information content (AvgIpc) is 3.16. The van der Waals surface area contributed by atoms with Crippen molar-refractivity contribution in [3.63, 3.8) is 0 Å². The molecule has 1 aliphatic heterocycles. The Morgan fingerprint density at radius 2 is 1.83 bits per heavy atom. The van der Waals surface area contributed by atoms with Gasteiger partial charge >= 0.3 is 0 Å². The van der Waals surface area contributed by atoms with Gasteiger partial charge in [0.25, 0.3) is 15.9 Å². The van der Waals surface area contributed by atoms with Crippen molar-refractivity contribution in [2.24, 2.45) is 0 Å². The Morgan fingerprint density at radius 1 is 1.11 bits per heavy atom. The van der Waals surface area contributed by atoms with Gasteiger partial charge in [-0.15, -0.1) is 0 Å². The van der Waals surface area contributed by atoms with Gasteiger partial charge in [0.2, 0.25) is 5.88 Å². The molecule has 4 heterocycles. The minimum Gasteiger partial charge on any atom is -0.475 e. The van der Waals surface area contributed by atoms with Crippen LogP contribution in [0.1, 0.15) is 52.5 Å². The number of sulfonamides is 1. The van der Waals surface area contributed by atoms with Crippen molar-refractivity contribution < 1.29 is 19.4 Å². The second-order valence-electron chi connectivity index (χ2n) is 9.00. The molecule has 0 radical (unpaired) electrons. The fourth-order valence-electron chi connectivity index (χ4n) is 4.12. The number of rotatable bonds is 7. The largest absolute Gasteiger partial charge is 0.475 e. The third-order valence-electron chi connectivity index (χ3n) is 5.80. The second-order valence-corrected chi connectivity index (χ2v) is 10.6. The van der Waals surface area contributed by atoms with Crippen LogP contribution in [0.4, 0.5) is 11.6 Å². The first kappa shape index (κ1) is 25.3. The Labute approximate surface area is 211 Å². The number of hydrogen-bond donors (Lipinski definition) is 2. The molecule has 3 aromatic rings. The van der Waals surface area contributed by atoms with Gasteiger partial charge in [-0.25, -0.2) is 24.7 Å². The maximum Gasteiger partial charge on any atom is 0.287 e. The predicted octanol–water partition coefficient (Wildman–Crippen LogP) is 3.04. The summed E-state index contributed by atoms with van der Waals surface area (Å²) in [5.41, 5.74) is 6.69. The maximum absolute atomic E-state index is 13.2. The fraction of sp³-hybridized carbons (Fsp3) is 0.375. The van der Waals surface area contributed by atoms with E-state index in [2.05, 4.69) is 19.7 Å². The lowest BCUT2D eigenvalue weighted by Gasteiger charge is -2.29. The van der Waals surface area contributed by atoms with Gasteiger partial charge in [0.15, 0.2) is 16.5 Å². The quantitative estimate of drug-likeness (QED) is 0.482. The summed E-state index contributed by atoms with van der Waals surface area (Å²) in [7, 11) is -4.28. The number of nitrogen functional groups attached to an aromatic ring is 1. The van der Waals surface area contributed by atoms with E-state index in [0.29, 0.717) is 23.0 Å². The lowest BCUT2D eigenvalue weighted by molar-refractivity contribution is 0.0976. The highest BCUT2D eigenvalue weighted by atomic mass is 32.2. The van der Waals surface area contributed by atoms with E-state index in [9.17, 15) is 13.2 Å². The SMILES string of the molecule is CC(C)Oc1ccc(-c2cnc(C(=O)NS(=O)(=O)c3cccc(N)n3)c(N3[C@H](C)CC[C@@H]3C)n2)cn1.[HH]. The summed E-state index contributed by atoms with van der Waals surface area (Å²) in [5, 5.41) is -0.361. The van der Waals surface area contributed by atoms with Crippen molar-refractivity contribution in [3.8, 4) is 17.1 Å². The van der Waals surface area contributed by atoms with Crippen LogP contribution in [0.25, 0.3) is 11.3 Å². The number of nitrogens with zero attached hydrogens (tertiary/aromatic N) is 5. The average molecular weight is 514 g/mol. The molecule has 0 aromatic carbocycles. The van der Waals surface area contributed by atoms with Crippen LogP contribution in [0.3, 0.4) is 0 Å². The zero-order valence-corrected chi connectivity index (χ0v) is 21.4. The molecule has 11 nitrogen and oxygen atoms in total. The van der Waals surface area contributed by atoms with Gasteiger partial charge in [-0.05, 0) is 58.7 Å². The minimum atomic E-state index is -4.28. The minimum absolute atomic E-state index is 0. The number of ether oxygens (including phenoxy) is 1. The first-order valence-corrected chi connectivity index (χ1v) is 13.1. The molecular weight excluding hydrogens is 482 g/mol. The molecule has 1 fully saturated rings. The summed E-state index contributed by atoms with van der Waals surface area (Å²) < 4.78 is 33.2. The molecule has 3 aromatic heterocycles. The van der Waals surface area contributed by atoms with Crippen molar-refractivity contribution in [3.05, 3.63) is 48.4 Å². The summed E-state index contributed by atoms with van der Waals surface area (Å²) in [5.74, 6) is -0.0903. The zero-order valence-electron chi connectivity index (χ0n) is 20.5. The van der Waals surface area contributed by atoms with Crippen LogP contribution in [0.2, 0.25) is 0 Å². The molecule has 192 valence electrons. The Hall–Kier alpha value is -3.80. The normalized spacial score (nSPS) is 17.9. The van der Waals surface area contributed by atoms with Crippen LogP contribution in [0.15, 0.2) is 47.8 Å². The highest BCUT2D eigenvalue weighted by Gasteiger charge is 2.34. The van der Waals surface area contributed by atoms with Gasteiger partial charge in [0, 0.05) is 31.3 Å². The molecule has 1 aliphatic rings. The van der Waals surface area contributed by atoms with Gasteiger partial charge < -0.3 is 15.4 Å². The van der Waals surface area contributed by atoms with Crippen molar-refractivity contribution in [1.82, 2.24) is 24.7 Å². The van der Waals surface area contributed by atoms with E-state index in [0.717, 1.165) is 12.8 Å². The van der Waals surface area contributed by atoms with Gasteiger partial charge in [-0.3, -0.25) is 4.79 Å². The highest BCUT2D eigenvalue weighted by Crippen LogP contribution is 2.32. The van der Waals surface area contributed by atoms with Crippen LogP contribution in [-0.2, 0) is 10.0 Å². The number of nitrogens with two attached hydrogens (primary N) is 1. The standard InChI is InChI=1S/C24H29N7O4S.H2/c1-14(2)35-20-11-10-17(12-26-20)18-13-27-22(23(28-18)31-15(3)8-9-16(31)4)24(32)30-36(33,34)21-7-5-6-19(25)29-21;/h5-7,10-16H,8-9H2,1-4H3,(H2,25,29)(H,30,32);1H/t15-,16+;. The number of anilines is 2. The van der Waals surface area contributed by atoms with Crippen molar-refractivity contribution in [2.75, 3.05) is 10.6 Å². The Bertz CT molecular complexity index is 1360. The Morgan fingerprint density at radius 3 is 2.44 bits per heavy atom. The number of aromatic nitrogens is 4. The Kier molecular flexibility index (Phi) is 7.07. The summed E-state index contributed by atoms with van der Waals surface area (Å²) in [6.45, 7) is 7.90. The summed E-state index contributed by atoms with van der Waals surface area (Å²) in [6.07, 6.45) is 4.85. The Balaban J connectivity index is 0.00000380. The number of pyridine rings is 2. The van der Waals surface area contributed by atoms with Crippen molar-refractivity contribution >= 4 is 27.6 Å². The highest BCUT2D eigenvalue weighted by molar-refractivity contribution is 7.90. The van der Waals surface area contributed by atoms with E-state index in [-0.39, 0.29) is 36.2 Å². The molecule has 2 atom stereocenters. The predicted molar refractivity (Wildman–Crippen MR) is 137 cm³/mol. The van der Waals surface area contributed by atoms with E-state index in [4.69, 9.17) is 15.5 Å². The van der Waals surface area contributed by atoms with Gasteiger partial charge in [-0.1, -0.05) is 6.07 Å². The zero-order chi connectivity index (χ0) is 26.0. The molecular formula is C24H31N7O4S. The van der Waals surface area contributed by atoms with Crippen molar-refractivity contribution in [1.29, 1.82) is 0 Å². The van der Waals surface area contributed by atoms with Crippen LogP contribution in [-0.4, -0.2) is 52.4 Å². The van der Waals surface area contributed by atoms with E-state index >= 15 is 0 Å². The summed E-state index contributed by atoms with van der Waals surface area (Å²) in [6, 6.07) is 7.88. The van der Waals surface area contributed by atoms with Crippen LogP contribution >= 0.6 is 0 Å². The smallest absolute Gasteiger partial charge is 0.287 e. The van der Waals surface area contributed by atoms with Gasteiger partial charge in [-0.2, -0.15) is 8.42 Å². The molecule has 4 rings (SSSR count). The molecule has 0 unspecified atom stereocenters. The van der Waals surface area contributed by atoms with E-state index < -0.39 is 15.9 Å². The molecule has 36 heavy (non-hydrogen) atoms. The summed E-state index contributed by atoms with van der Waals surface area (Å²) in [4.78, 5) is 32.4. The third-order valence-corrected chi connectivity index (χ3v) is 7.03. The molecule has 0 saturated carbocycles. The van der Waals surface area contributed by atoms with Crippen LogP contribution in [0, 0.1) is 0 Å². The molecule has 0 bridgehead atoms. The molecule has 0 spiro atoms.